The maximum absolute atomic E-state index is 13.0. The van der Waals surface area contributed by atoms with Crippen LogP contribution in [0.2, 0.25) is 0 Å². The number of nitrogens with one attached hydrogen (secondary N) is 2. The average molecular weight is 506 g/mol. The summed E-state index contributed by atoms with van der Waals surface area (Å²) in [6.45, 7) is 1.30. The fourth-order valence-corrected chi connectivity index (χ4v) is 5.10. The second-order valence-corrected chi connectivity index (χ2v) is 10.2. The smallest absolute Gasteiger partial charge is 0.261 e. The number of benzene rings is 3. The molecule has 3 aromatic rings. The first-order valence-electron chi connectivity index (χ1n) is 11.7. The lowest BCUT2D eigenvalue weighted by Crippen LogP contribution is -2.42. The van der Waals surface area contributed by atoms with Gasteiger partial charge in [-0.05, 0) is 55.7 Å². The first kappa shape index (κ1) is 25.1. The first-order valence-corrected chi connectivity index (χ1v) is 13.2. The van der Waals surface area contributed by atoms with E-state index in [1.165, 1.54) is 30.3 Å². The van der Waals surface area contributed by atoms with E-state index in [-0.39, 0.29) is 39.9 Å². The number of carbonyl (C=O) groups is 3. The summed E-state index contributed by atoms with van der Waals surface area (Å²) in [7, 11) is -4.03. The Morgan fingerprint density at radius 1 is 0.750 bits per heavy atom. The highest BCUT2D eigenvalue weighted by atomic mass is 32.2. The normalized spacial score (nSPS) is 13.6. The van der Waals surface area contributed by atoms with Gasteiger partial charge in [0.2, 0.25) is 5.91 Å². The van der Waals surface area contributed by atoms with E-state index in [1.54, 1.807) is 53.4 Å². The van der Waals surface area contributed by atoms with Gasteiger partial charge >= 0.3 is 0 Å². The van der Waals surface area contributed by atoms with Crippen LogP contribution in [0.3, 0.4) is 0 Å². The Kier molecular flexibility index (Phi) is 7.80. The van der Waals surface area contributed by atoms with Gasteiger partial charge in [0.05, 0.1) is 17.1 Å². The number of para-hydroxylation sites is 1. The zero-order valence-corrected chi connectivity index (χ0v) is 20.5. The predicted molar refractivity (Wildman–Crippen MR) is 136 cm³/mol. The number of piperidine rings is 1. The topological polar surface area (TPSA) is 113 Å². The quantitative estimate of drug-likeness (QED) is 0.456. The summed E-state index contributed by atoms with van der Waals surface area (Å²) < 4.78 is 28.5. The Labute approximate surface area is 210 Å². The summed E-state index contributed by atoms with van der Waals surface area (Å²) in [5, 5.41) is 2.60. The zero-order chi connectivity index (χ0) is 25.5. The van der Waals surface area contributed by atoms with Crippen LogP contribution in [0.4, 0.5) is 5.69 Å². The molecule has 2 amide bonds. The standard InChI is InChI=1S/C27H27N3O5S/c31-25(30-17-7-2-8-18-30)19-28-27(33)21-13-15-22(16-14-21)36(34,35)29-24-12-6-5-11-23(24)26(32)20-9-3-1-4-10-20/h1,3-6,9-16,29H,2,7-8,17-19H2,(H,28,33). The number of carbonyl (C=O) groups excluding carboxylic acids is 3. The molecule has 1 saturated heterocycles. The number of hydrogen-bond acceptors (Lipinski definition) is 5. The van der Waals surface area contributed by atoms with Crippen molar-refractivity contribution in [2.24, 2.45) is 0 Å². The molecular weight excluding hydrogens is 478 g/mol. The van der Waals surface area contributed by atoms with Gasteiger partial charge in [0.25, 0.3) is 15.9 Å². The molecule has 9 heteroatoms. The van der Waals surface area contributed by atoms with E-state index >= 15 is 0 Å². The van der Waals surface area contributed by atoms with E-state index in [4.69, 9.17) is 0 Å². The van der Waals surface area contributed by atoms with Crippen LogP contribution < -0.4 is 10.0 Å². The van der Waals surface area contributed by atoms with Crippen LogP contribution in [0.25, 0.3) is 0 Å². The molecule has 1 heterocycles. The van der Waals surface area contributed by atoms with Gasteiger partial charge in [0.15, 0.2) is 5.78 Å². The van der Waals surface area contributed by atoms with Crippen molar-refractivity contribution in [3.05, 3.63) is 95.6 Å². The Bertz CT molecular complexity index is 1350. The largest absolute Gasteiger partial charge is 0.343 e. The molecule has 1 aliphatic rings. The number of sulfonamides is 1. The van der Waals surface area contributed by atoms with E-state index in [1.807, 2.05) is 0 Å². The molecule has 0 spiro atoms. The first-order chi connectivity index (χ1) is 17.3. The minimum atomic E-state index is -4.03. The highest BCUT2D eigenvalue weighted by Crippen LogP contribution is 2.23. The van der Waals surface area contributed by atoms with Crippen LogP contribution in [0.5, 0.6) is 0 Å². The number of likely N-dealkylation sites (tertiary alicyclic amines) is 1. The Balaban J connectivity index is 1.43. The highest BCUT2D eigenvalue weighted by Gasteiger charge is 2.21. The third-order valence-electron chi connectivity index (χ3n) is 5.99. The molecule has 3 aromatic carbocycles. The van der Waals surface area contributed by atoms with Gasteiger partial charge in [-0.3, -0.25) is 19.1 Å². The lowest BCUT2D eigenvalue weighted by atomic mass is 10.0. The third kappa shape index (κ3) is 5.98. The summed E-state index contributed by atoms with van der Waals surface area (Å²) in [5.41, 5.74) is 1.06. The maximum atomic E-state index is 13.0. The molecule has 36 heavy (non-hydrogen) atoms. The monoisotopic (exact) mass is 505 g/mol. The maximum Gasteiger partial charge on any atom is 0.261 e. The molecule has 4 rings (SSSR count). The summed E-state index contributed by atoms with van der Waals surface area (Å²) in [6, 6.07) is 20.4. The molecule has 0 aliphatic carbocycles. The number of amides is 2. The number of hydrogen-bond donors (Lipinski definition) is 2. The summed E-state index contributed by atoms with van der Waals surface area (Å²) in [6.07, 6.45) is 3.04. The minimum absolute atomic E-state index is 0.0644. The fourth-order valence-electron chi connectivity index (χ4n) is 4.02. The summed E-state index contributed by atoms with van der Waals surface area (Å²) in [5.74, 6) is -0.897. The van der Waals surface area contributed by atoms with Crippen molar-refractivity contribution in [3.8, 4) is 0 Å². The van der Waals surface area contributed by atoms with E-state index < -0.39 is 15.9 Å². The van der Waals surface area contributed by atoms with Crippen LogP contribution in [-0.2, 0) is 14.8 Å². The summed E-state index contributed by atoms with van der Waals surface area (Å²) in [4.78, 5) is 39.3. The average Bonchev–Trinajstić information content (AvgIpc) is 2.92. The van der Waals surface area contributed by atoms with Gasteiger partial charge in [-0.2, -0.15) is 0 Å². The molecule has 1 aliphatic heterocycles. The molecule has 0 aromatic heterocycles. The molecule has 0 bridgehead atoms. The Morgan fingerprint density at radius 3 is 2.08 bits per heavy atom. The fraction of sp³-hybridized carbons (Fsp3) is 0.222. The van der Waals surface area contributed by atoms with Gasteiger partial charge < -0.3 is 10.2 Å². The third-order valence-corrected chi connectivity index (χ3v) is 7.37. The number of ketones is 1. The molecule has 1 fully saturated rings. The van der Waals surface area contributed by atoms with E-state index in [0.717, 1.165) is 19.3 Å². The van der Waals surface area contributed by atoms with Gasteiger partial charge in [0, 0.05) is 29.8 Å². The van der Waals surface area contributed by atoms with Crippen LogP contribution >= 0.6 is 0 Å². The Morgan fingerprint density at radius 2 is 1.39 bits per heavy atom. The van der Waals surface area contributed by atoms with Crippen LogP contribution in [-0.4, -0.2) is 50.5 Å². The molecule has 186 valence electrons. The van der Waals surface area contributed by atoms with Crippen LogP contribution in [0.1, 0.15) is 45.5 Å². The van der Waals surface area contributed by atoms with Crippen LogP contribution in [0, 0.1) is 0 Å². The van der Waals surface area contributed by atoms with Gasteiger partial charge in [0.1, 0.15) is 0 Å². The van der Waals surface area contributed by atoms with Crippen LogP contribution in [0.15, 0.2) is 83.8 Å². The predicted octanol–water partition coefficient (Wildman–Crippen LogP) is 3.46. The van der Waals surface area contributed by atoms with Crippen molar-refractivity contribution in [2.45, 2.75) is 24.2 Å². The lowest BCUT2D eigenvalue weighted by Gasteiger charge is -2.26. The van der Waals surface area contributed by atoms with Crippen molar-refractivity contribution >= 4 is 33.3 Å². The van der Waals surface area contributed by atoms with E-state index in [2.05, 4.69) is 10.0 Å². The molecular formula is C27H27N3O5S. The van der Waals surface area contributed by atoms with Crippen molar-refractivity contribution in [2.75, 3.05) is 24.4 Å². The number of rotatable bonds is 8. The van der Waals surface area contributed by atoms with Crippen molar-refractivity contribution in [3.63, 3.8) is 0 Å². The number of nitrogens with zero attached hydrogens (tertiary/aromatic N) is 1. The van der Waals surface area contributed by atoms with Crippen molar-refractivity contribution in [1.29, 1.82) is 0 Å². The molecule has 2 N–H and O–H groups in total. The van der Waals surface area contributed by atoms with Crippen molar-refractivity contribution in [1.82, 2.24) is 10.2 Å². The molecule has 0 atom stereocenters. The highest BCUT2D eigenvalue weighted by molar-refractivity contribution is 7.92. The molecule has 8 nitrogen and oxygen atoms in total. The molecule has 0 saturated carbocycles. The summed E-state index contributed by atoms with van der Waals surface area (Å²) >= 11 is 0. The lowest BCUT2D eigenvalue weighted by molar-refractivity contribution is -0.130. The zero-order valence-electron chi connectivity index (χ0n) is 19.6. The second-order valence-electron chi connectivity index (χ2n) is 8.49. The van der Waals surface area contributed by atoms with Crippen molar-refractivity contribution < 1.29 is 22.8 Å². The number of anilines is 1. The van der Waals surface area contributed by atoms with E-state index in [9.17, 15) is 22.8 Å². The van der Waals surface area contributed by atoms with E-state index in [0.29, 0.717) is 18.7 Å². The van der Waals surface area contributed by atoms with Gasteiger partial charge in [-0.15, -0.1) is 0 Å². The van der Waals surface area contributed by atoms with Gasteiger partial charge in [-0.25, -0.2) is 8.42 Å². The Hall–Kier alpha value is -3.98. The SMILES string of the molecule is O=C(NCC(=O)N1CCCCC1)c1ccc(S(=O)(=O)Nc2ccccc2C(=O)c2ccccc2)cc1. The second kappa shape index (κ2) is 11.2. The molecule has 0 unspecified atom stereocenters. The van der Waals surface area contributed by atoms with Gasteiger partial charge in [-0.1, -0.05) is 42.5 Å². The minimum Gasteiger partial charge on any atom is -0.343 e. The molecule has 0 radical (unpaired) electrons.